The van der Waals surface area contributed by atoms with E-state index in [1.165, 1.54) is 69.0 Å². The minimum atomic E-state index is -4.91. The quantitative estimate of drug-likeness (QED) is 0.170. The molecule has 6 heterocycles. The van der Waals surface area contributed by atoms with Gasteiger partial charge in [0, 0.05) is 75.8 Å². The number of carbonyl (C=O) groups is 2. The van der Waals surface area contributed by atoms with E-state index in [-0.39, 0.29) is 39.6 Å². The van der Waals surface area contributed by atoms with Gasteiger partial charge in [0.05, 0.1) is 39.1 Å². The molecule has 62 heavy (non-hydrogen) atoms. The van der Waals surface area contributed by atoms with E-state index < -0.39 is 36.4 Å². The number of pyridine rings is 3. The van der Waals surface area contributed by atoms with Crippen molar-refractivity contribution in [3.8, 4) is 5.75 Å². The number of aromatic nitrogens is 7. The van der Waals surface area contributed by atoms with Crippen molar-refractivity contribution in [1.29, 1.82) is 0 Å². The summed E-state index contributed by atoms with van der Waals surface area (Å²) in [5, 5.41) is 8.78. The number of carbonyl (C=O) groups excluding carboxylic acids is 2. The molecular formula is C41H34F3N9O7S2. The summed E-state index contributed by atoms with van der Waals surface area (Å²) in [6.45, 7) is 0.365. The molecule has 8 aromatic rings. The van der Waals surface area contributed by atoms with E-state index in [1.807, 2.05) is 0 Å². The Hall–Kier alpha value is -7.39. The van der Waals surface area contributed by atoms with E-state index in [4.69, 9.17) is 4.74 Å². The second-order valence-electron chi connectivity index (χ2n) is 13.5. The first-order chi connectivity index (χ1) is 29.5. The summed E-state index contributed by atoms with van der Waals surface area (Å²) in [5.41, 5.74) is 2.25. The highest BCUT2D eigenvalue weighted by Gasteiger charge is 2.41. The molecule has 0 fully saturated rings. The van der Waals surface area contributed by atoms with Gasteiger partial charge in [-0.2, -0.15) is 18.3 Å². The fraction of sp³-hybridized carbons (Fsp3) is 0.122. The second kappa shape index (κ2) is 17.3. The summed E-state index contributed by atoms with van der Waals surface area (Å²) < 4.78 is 99.8. The number of imidazole rings is 2. The molecule has 0 aliphatic rings. The zero-order valence-electron chi connectivity index (χ0n) is 32.6. The molecule has 0 radical (unpaired) electrons. The predicted octanol–water partition coefficient (Wildman–Crippen LogP) is 5.35. The lowest BCUT2D eigenvalue weighted by Gasteiger charge is -2.09. The number of alkyl halides is 3. The minimum absolute atomic E-state index is 0.0535. The standard InChI is InChI=1S/C21H18N4O4S.C20H16F3N5O3S/c1-29-17-10-19(13-22-12-17)30(27,28)18-5-2-15(3-6-18)11-24-21(26)16-4-7-20-23-8-9-25(20)14-16;1-27-12-16(18(26-27)20(21,22)23)32(30,31)15-5-2-13(3-6-15)10-25-19(29)14-4-7-17-24-8-9-28(17)11-14/h2-10,12-14H,11H2,1H3,(H,24,26);2-9,11-12H,10H2,1H3,(H,25,29). The van der Waals surface area contributed by atoms with E-state index in [1.54, 1.807) is 82.4 Å². The van der Waals surface area contributed by atoms with Crippen LogP contribution in [0.4, 0.5) is 13.2 Å². The van der Waals surface area contributed by atoms with Crippen molar-refractivity contribution >= 4 is 42.8 Å². The smallest absolute Gasteiger partial charge is 0.436 e. The van der Waals surface area contributed by atoms with Crippen molar-refractivity contribution in [2.45, 2.75) is 38.8 Å². The van der Waals surface area contributed by atoms with Gasteiger partial charge in [-0.3, -0.25) is 19.3 Å². The molecule has 2 aromatic carbocycles. The number of nitrogens with one attached hydrogen (secondary N) is 2. The lowest BCUT2D eigenvalue weighted by molar-refractivity contribution is -0.143. The molecule has 8 rings (SSSR count). The Labute approximate surface area is 351 Å². The Morgan fingerprint density at radius 1 is 0.677 bits per heavy atom. The van der Waals surface area contributed by atoms with Crippen LogP contribution in [0.25, 0.3) is 11.3 Å². The van der Waals surface area contributed by atoms with Crippen LogP contribution in [0.3, 0.4) is 0 Å². The predicted molar refractivity (Wildman–Crippen MR) is 216 cm³/mol. The monoisotopic (exact) mass is 885 g/mol. The first-order valence-electron chi connectivity index (χ1n) is 18.2. The van der Waals surface area contributed by atoms with Gasteiger partial charge >= 0.3 is 6.18 Å². The Morgan fingerprint density at radius 3 is 1.66 bits per heavy atom. The third kappa shape index (κ3) is 9.32. The first kappa shape index (κ1) is 42.7. The molecule has 0 aliphatic carbocycles. The second-order valence-corrected chi connectivity index (χ2v) is 17.3. The molecule has 2 N–H and O–H groups in total. The number of hydrogen-bond acceptors (Lipinski definition) is 11. The average molecular weight is 886 g/mol. The van der Waals surface area contributed by atoms with Crippen molar-refractivity contribution in [2.24, 2.45) is 7.05 Å². The summed E-state index contributed by atoms with van der Waals surface area (Å²) in [5.74, 6) is -0.212. The molecule has 16 nitrogen and oxygen atoms in total. The molecule has 0 bridgehead atoms. The maximum Gasteiger partial charge on any atom is 0.436 e. The van der Waals surface area contributed by atoms with E-state index in [9.17, 15) is 39.6 Å². The van der Waals surface area contributed by atoms with Crippen molar-refractivity contribution < 1.29 is 44.3 Å². The summed E-state index contributed by atoms with van der Waals surface area (Å²) >= 11 is 0. The molecule has 0 spiro atoms. The van der Waals surface area contributed by atoms with Crippen molar-refractivity contribution in [1.82, 2.24) is 44.2 Å². The van der Waals surface area contributed by atoms with Crippen molar-refractivity contribution in [3.05, 3.63) is 163 Å². The average Bonchev–Trinajstić information content (AvgIpc) is 4.05. The maximum atomic E-state index is 13.2. The number of hydrogen-bond donors (Lipinski definition) is 2. The normalized spacial score (nSPS) is 11.8. The fourth-order valence-corrected chi connectivity index (χ4v) is 8.72. The molecule has 6 aromatic heterocycles. The van der Waals surface area contributed by atoms with Crippen LogP contribution < -0.4 is 15.4 Å². The molecule has 0 saturated heterocycles. The third-order valence-corrected chi connectivity index (χ3v) is 12.8. The molecule has 2 amide bonds. The van der Waals surface area contributed by atoms with Gasteiger partial charge < -0.3 is 24.2 Å². The number of ether oxygens (including phenoxy) is 1. The number of amides is 2. The summed E-state index contributed by atoms with van der Waals surface area (Å²) in [6.07, 6.45) is 8.70. The number of methoxy groups -OCH3 is 1. The molecular weight excluding hydrogens is 852 g/mol. The zero-order chi connectivity index (χ0) is 44.2. The van der Waals surface area contributed by atoms with Crippen LogP contribution in [0, 0.1) is 0 Å². The summed E-state index contributed by atoms with van der Waals surface area (Å²) in [4.78, 5) is 35.9. The Balaban J connectivity index is 0.000000187. The van der Waals surface area contributed by atoms with Crippen LogP contribution in [0.15, 0.2) is 154 Å². The van der Waals surface area contributed by atoms with Gasteiger partial charge in [-0.15, -0.1) is 0 Å². The number of benzene rings is 2. The van der Waals surface area contributed by atoms with Gasteiger partial charge in [0.2, 0.25) is 19.7 Å². The summed E-state index contributed by atoms with van der Waals surface area (Å²) in [7, 11) is -5.49. The number of fused-ring (bicyclic) bond motifs is 2. The highest BCUT2D eigenvalue weighted by molar-refractivity contribution is 7.91. The topological polar surface area (TPSA) is 201 Å². The van der Waals surface area contributed by atoms with Gasteiger partial charge in [0.25, 0.3) is 11.8 Å². The van der Waals surface area contributed by atoms with Crippen LogP contribution in [-0.2, 0) is 46.0 Å². The van der Waals surface area contributed by atoms with Gasteiger partial charge in [-0.25, -0.2) is 26.8 Å². The molecule has 318 valence electrons. The fourth-order valence-electron chi connectivity index (χ4n) is 6.03. The molecule has 0 aliphatic heterocycles. The maximum absolute atomic E-state index is 13.2. The lowest BCUT2D eigenvalue weighted by Crippen LogP contribution is -2.23. The van der Waals surface area contributed by atoms with Gasteiger partial charge in [0.15, 0.2) is 5.69 Å². The molecule has 0 atom stereocenters. The molecule has 21 heteroatoms. The number of rotatable bonds is 11. The lowest BCUT2D eigenvalue weighted by atomic mass is 10.2. The van der Waals surface area contributed by atoms with Crippen LogP contribution in [0.1, 0.15) is 37.5 Å². The highest BCUT2D eigenvalue weighted by Crippen LogP contribution is 2.35. The number of sulfone groups is 2. The highest BCUT2D eigenvalue weighted by atomic mass is 32.2. The Morgan fingerprint density at radius 2 is 1.18 bits per heavy atom. The SMILES string of the molecule is COc1cncc(S(=O)(=O)c2ccc(CNC(=O)c3ccc4nccn4c3)cc2)c1.Cn1cc(S(=O)(=O)c2ccc(CNC(=O)c3ccc4nccn4c3)cc2)c(C(F)(F)F)n1. The third-order valence-electron chi connectivity index (χ3n) is 9.26. The van der Waals surface area contributed by atoms with Crippen molar-refractivity contribution in [2.75, 3.05) is 7.11 Å². The van der Waals surface area contributed by atoms with Crippen LogP contribution in [-0.4, -0.2) is 69.3 Å². The Kier molecular flexibility index (Phi) is 11.9. The number of nitrogens with zero attached hydrogens (tertiary/aromatic N) is 7. The van der Waals surface area contributed by atoms with Crippen molar-refractivity contribution in [3.63, 3.8) is 0 Å². The zero-order valence-corrected chi connectivity index (χ0v) is 34.2. The van der Waals surface area contributed by atoms with Gasteiger partial charge in [-0.1, -0.05) is 24.3 Å². The van der Waals surface area contributed by atoms with Crippen LogP contribution in [0.5, 0.6) is 5.75 Å². The first-order valence-corrected chi connectivity index (χ1v) is 21.2. The van der Waals surface area contributed by atoms with Gasteiger partial charge in [0.1, 0.15) is 21.9 Å². The van der Waals surface area contributed by atoms with E-state index >= 15 is 0 Å². The molecule has 0 unspecified atom stereocenters. The van der Waals surface area contributed by atoms with Crippen LogP contribution in [0.2, 0.25) is 0 Å². The minimum Gasteiger partial charge on any atom is -0.495 e. The Bertz CT molecular complexity index is 3150. The van der Waals surface area contributed by atoms with E-state index in [2.05, 4.69) is 30.7 Å². The largest absolute Gasteiger partial charge is 0.495 e. The number of halogens is 3. The van der Waals surface area contributed by atoms with Gasteiger partial charge in [-0.05, 0) is 59.7 Å². The van der Waals surface area contributed by atoms with Crippen LogP contribution >= 0.6 is 0 Å². The van der Waals surface area contributed by atoms with E-state index in [0.29, 0.717) is 28.1 Å². The van der Waals surface area contributed by atoms with E-state index in [0.717, 1.165) is 22.1 Å². The summed E-state index contributed by atoms with van der Waals surface area (Å²) in [6, 6.07) is 19.8. The molecule has 0 saturated carbocycles. The number of aryl methyl sites for hydroxylation is 1.